The van der Waals surface area contributed by atoms with Crippen molar-refractivity contribution in [3.8, 4) is 17.6 Å². The van der Waals surface area contributed by atoms with Crippen LogP contribution in [0.15, 0.2) is 66.2 Å². The van der Waals surface area contributed by atoms with Crippen LogP contribution in [0.25, 0.3) is 0 Å². The number of aliphatic hydroxyl groups excluding tert-OH is 1. The molecule has 3 rings (SSSR count). The van der Waals surface area contributed by atoms with Gasteiger partial charge in [-0.25, -0.2) is 9.18 Å². The third-order valence-electron chi connectivity index (χ3n) is 5.54. The van der Waals surface area contributed by atoms with Gasteiger partial charge in [0.1, 0.15) is 30.3 Å². The topological polar surface area (TPSA) is 87.7 Å². The summed E-state index contributed by atoms with van der Waals surface area (Å²) in [5.74, 6) is 5.62. The van der Waals surface area contributed by atoms with Crippen LogP contribution in [0.3, 0.4) is 0 Å². The molecule has 1 aromatic carbocycles. The fourth-order valence-electron chi connectivity index (χ4n) is 3.69. The predicted octanol–water partition coefficient (Wildman–Crippen LogP) is 4.53. The lowest BCUT2D eigenvalue weighted by Gasteiger charge is -2.29. The molecule has 6 nitrogen and oxygen atoms in total. The number of aliphatic hydroxyl groups is 1. The zero-order valence-corrected chi connectivity index (χ0v) is 19.8. The molecule has 1 fully saturated rings. The lowest BCUT2D eigenvalue weighted by molar-refractivity contribution is 0.101. The minimum absolute atomic E-state index is 0.0359. The molecule has 0 spiro atoms. The Morgan fingerprint density at radius 2 is 2.06 bits per heavy atom. The molecule has 1 aliphatic heterocycles. The van der Waals surface area contributed by atoms with Gasteiger partial charge in [-0.2, -0.15) is 0 Å². The molecule has 1 heterocycles. The molecule has 180 valence electrons. The summed E-state index contributed by atoms with van der Waals surface area (Å²) in [6, 6.07) is 5.19. The molecule has 0 aromatic heterocycles. The standard InChI is InChI=1S/C14H16O3.C13H15FN2O/c1-3-12-6-7-13(10-14(12)11(2)16)17-9-5-4-8-15;1-3-13(9(2)15-12(17)16-13)10-5-4-6-11(14)8-7-10/h6-7,10,15H,3,8-9H2,1-2H3;4-5,7-8H,2-3,6H2,1H3,(H2,15,16,17). The first-order chi connectivity index (χ1) is 16.3. The largest absolute Gasteiger partial charge is 0.481 e. The van der Waals surface area contributed by atoms with Crippen molar-refractivity contribution in [2.24, 2.45) is 0 Å². The number of hydrogen-bond donors (Lipinski definition) is 3. The second kappa shape index (κ2) is 12.6. The molecule has 1 unspecified atom stereocenters. The summed E-state index contributed by atoms with van der Waals surface area (Å²) >= 11 is 0. The molecule has 0 saturated carbocycles. The normalized spacial score (nSPS) is 18.7. The summed E-state index contributed by atoms with van der Waals surface area (Å²) in [7, 11) is 0. The highest BCUT2D eigenvalue weighted by Crippen LogP contribution is 2.33. The molecule has 1 saturated heterocycles. The van der Waals surface area contributed by atoms with Crippen LogP contribution in [-0.4, -0.2) is 35.7 Å². The van der Waals surface area contributed by atoms with Crippen molar-refractivity contribution >= 4 is 11.8 Å². The fourth-order valence-corrected chi connectivity index (χ4v) is 3.69. The monoisotopic (exact) mass is 466 g/mol. The van der Waals surface area contributed by atoms with Crippen molar-refractivity contribution in [3.05, 3.63) is 77.3 Å². The number of benzene rings is 1. The summed E-state index contributed by atoms with van der Waals surface area (Å²) in [5.41, 5.74) is 2.54. The third kappa shape index (κ3) is 6.69. The molecule has 1 aliphatic carbocycles. The van der Waals surface area contributed by atoms with E-state index in [2.05, 4.69) is 29.1 Å². The molecule has 0 radical (unpaired) electrons. The summed E-state index contributed by atoms with van der Waals surface area (Å²) in [6.07, 6.45) is 8.49. The molecule has 7 heteroatoms. The first-order valence-electron chi connectivity index (χ1n) is 11.1. The summed E-state index contributed by atoms with van der Waals surface area (Å²) < 4.78 is 18.5. The van der Waals surface area contributed by atoms with Gasteiger partial charge in [-0.3, -0.25) is 4.79 Å². The van der Waals surface area contributed by atoms with E-state index in [9.17, 15) is 14.0 Å². The molecule has 2 aliphatic rings. The Bertz CT molecular complexity index is 1090. The third-order valence-corrected chi connectivity index (χ3v) is 5.54. The number of carbonyl (C=O) groups is 2. The van der Waals surface area contributed by atoms with Crippen molar-refractivity contribution in [2.75, 3.05) is 13.2 Å². The number of carbonyl (C=O) groups excluding carboxylic acids is 2. The molecule has 2 amide bonds. The van der Waals surface area contributed by atoms with Crippen molar-refractivity contribution in [1.82, 2.24) is 10.6 Å². The molecule has 0 bridgehead atoms. The number of amides is 2. The number of urea groups is 1. The first-order valence-corrected chi connectivity index (χ1v) is 11.1. The van der Waals surface area contributed by atoms with E-state index in [1.54, 1.807) is 25.1 Å². The Morgan fingerprint density at radius 1 is 1.29 bits per heavy atom. The van der Waals surface area contributed by atoms with Gasteiger partial charge in [0, 0.05) is 17.7 Å². The molecule has 3 N–H and O–H groups in total. The lowest BCUT2D eigenvalue weighted by atomic mass is 9.84. The molecule has 1 atom stereocenters. The van der Waals surface area contributed by atoms with Gasteiger partial charge < -0.3 is 20.5 Å². The zero-order chi connectivity index (χ0) is 25.1. The number of rotatable bonds is 6. The number of ketones is 1. The summed E-state index contributed by atoms with van der Waals surface area (Å²) in [5, 5.41) is 14.0. The number of hydrogen-bond acceptors (Lipinski definition) is 4. The summed E-state index contributed by atoms with van der Waals surface area (Å²) in [4.78, 5) is 22.8. The van der Waals surface area contributed by atoms with E-state index >= 15 is 0 Å². The average Bonchev–Trinajstić information content (AvgIpc) is 2.96. The van der Waals surface area contributed by atoms with Crippen molar-refractivity contribution in [1.29, 1.82) is 0 Å². The van der Waals surface area contributed by atoms with Gasteiger partial charge >= 0.3 is 6.03 Å². The fraction of sp³-hybridized carbons (Fsp3) is 0.333. The second-order valence-corrected chi connectivity index (χ2v) is 7.69. The van der Waals surface area contributed by atoms with Gasteiger partial charge in [-0.15, -0.1) is 0 Å². The highest BCUT2D eigenvalue weighted by atomic mass is 19.1. The number of Topliss-reactive ketones (excluding diaryl/α,β-unsaturated/α-hetero) is 1. The predicted molar refractivity (Wildman–Crippen MR) is 131 cm³/mol. The van der Waals surface area contributed by atoms with Crippen molar-refractivity contribution in [2.45, 2.75) is 45.6 Å². The van der Waals surface area contributed by atoms with Gasteiger partial charge in [0.25, 0.3) is 0 Å². The van der Waals surface area contributed by atoms with Gasteiger partial charge in [-0.05, 0) is 49.1 Å². The molecular formula is C27H31FN2O4. The van der Waals surface area contributed by atoms with E-state index in [1.165, 1.54) is 6.08 Å². The van der Waals surface area contributed by atoms with Crippen LogP contribution in [0.2, 0.25) is 0 Å². The number of aryl methyl sites for hydroxylation is 1. The van der Waals surface area contributed by atoms with Crippen LogP contribution >= 0.6 is 0 Å². The van der Waals surface area contributed by atoms with Crippen LogP contribution in [0.5, 0.6) is 5.75 Å². The Labute approximate surface area is 200 Å². The van der Waals surface area contributed by atoms with E-state index in [0.29, 0.717) is 23.4 Å². The Balaban J connectivity index is 0.000000240. The maximum absolute atomic E-state index is 13.1. The van der Waals surface area contributed by atoms with E-state index < -0.39 is 5.54 Å². The van der Waals surface area contributed by atoms with Crippen molar-refractivity contribution < 1.29 is 23.8 Å². The Hall–Kier alpha value is -3.63. The minimum Gasteiger partial charge on any atom is -0.481 e. The molecule has 34 heavy (non-hydrogen) atoms. The lowest BCUT2D eigenvalue weighted by Crippen LogP contribution is -2.43. The number of halogens is 1. The second-order valence-electron chi connectivity index (χ2n) is 7.69. The Morgan fingerprint density at radius 3 is 2.65 bits per heavy atom. The van der Waals surface area contributed by atoms with Gasteiger partial charge in [-0.1, -0.05) is 56.6 Å². The number of nitrogens with one attached hydrogen (secondary N) is 2. The van der Waals surface area contributed by atoms with Crippen LogP contribution in [0.1, 0.15) is 49.5 Å². The number of ether oxygens (including phenoxy) is 1. The van der Waals surface area contributed by atoms with Crippen molar-refractivity contribution in [3.63, 3.8) is 0 Å². The first kappa shape index (κ1) is 26.6. The van der Waals surface area contributed by atoms with Crippen LogP contribution in [-0.2, 0) is 6.42 Å². The van der Waals surface area contributed by atoms with Crippen LogP contribution in [0, 0.1) is 11.8 Å². The Kier molecular flexibility index (Phi) is 9.84. The minimum atomic E-state index is -0.630. The van der Waals surface area contributed by atoms with Gasteiger partial charge in [0.2, 0.25) is 0 Å². The van der Waals surface area contributed by atoms with E-state index in [1.807, 2.05) is 32.1 Å². The van der Waals surface area contributed by atoms with Crippen LogP contribution < -0.4 is 15.4 Å². The molecular weight excluding hydrogens is 435 g/mol. The SMILES string of the molecule is C=C1NC(=O)NC1(CC)C1=CC=C(F)CC=C1.CCc1ccc(OCC#CCO)cc1C(C)=O. The quantitative estimate of drug-likeness (QED) is 0.425. The highest BCUT2D eigenvalue weighted by molar-refractivity contribution is 5.96. The van der Waals surface area contributed by atoms with Crippen LogP contribution in [0.4, 0.5) is 9.18 Å². The summed E-state index contributed by atoms with van der Waals surface area (Å²) in [6.45, 7) is 9.42. The van der Waals surface area contributed by atoms with E-state index in [0.717, 1.165) is 17.6 Å². The maximum atomic E-state index is 13.1. The zero-order valence-electron chi connectivity index (χ0n) is 19.8. The van der Waals surface area contributed by atoms with Gasteiger partial charge in [0.15, 0.2) is 5.78 Å². The van der Waals surface area contributed by atoms with E-state index in [-0.39, 0.29) is 37.3 Å². The van der Waals surface area contributed by atoms with E-state index in [4.69, 9.17) is 9.84 Å². The number of allylic oxidation sites excluding steroid dienone is 4. The average molecular weight is 467 g/mol. The van der Waals surface area contributed by atoms with Gasteiger partial charge in [0.05, 0.1) is 0 Å². The maximum Gasteiger partial charge on any atom is 0.320 e. The highest BCUT2D eigenvalue weighted by Gasteiger charge is 2.42. The molecule has 1 aromatic rings. The smallest absolute Gasteiger partial charge is 0.320 e.